The van der Waals surface area contributed by atoms with Crippen LogP contribution in [0.25, 0.3) is 0 Å². The minimum Gasteiger partial charge on any atom is -0.457 e. The van der Waals surface area contributed by atoms with Gasteiger partial charge in [-0.15, -0.1) is 9.24 Å². The first kappa shape index (κ1) is 20.7. The van der Waals surface area contributed by atoms with Crippen LogP contribution in [0.15, 0.2) is 27.3 Å². The molecule has 148 valence electrons. The molecule has 2 aromatic heterocycles. The highest BCUT2D eigenvalue weighted by molar-refractivity contribution is 7.16. The van der Waals surface area contributed by atoms with Crippen LogP contribution in [0.5, 0.6) is 0 Å². The van der Waals surface area contributed by atoms with Crippen molar-refractivity contribution in [3.8, 4) is 0 Å². The fourth-order valence-electron chi connectivity index (χ4n) is 2.11. The van der Waals surface area contributed by atoms with Gasteiger partial charge in [-0.05, 0) is 26.4 Å². The van der Waals surface area contributed by atoms with Crippen LogP contribution in [0.3, 0.4) is 0 Å². The van der Waals surface area contributed by atoms with Crippen molar-refractivity contribution in [2.75, 3.05) is 6.16 Å². The van der Waals surface area contributed by atoms with Gasteiger partial charge >= 0.3 is 23.6 Å². The standard InChI is InChI=1S/C16H19O10P/c1-8-11(25-15(19)23-8)5-21-13(17)4-3-10(7-27)14(18)22-6-12-9(2)24-16(20)26-12/h10H,3-7,27H2,1-2H3. The van der Waals surface area contributed by atoms with Crippen molar-refractivity contribution >= 4 is 21.2 Å². The fraction of sp³-hybridized carbons (Fsp3) is 0.500. The van der Waals surface area contributed by atoms with Gasteiger partial charge in [0.1, 0.15) is 0 Å². The number of hydrogen-bond donors (Lipinski definition) is 0. The average molecular weight is 402 g/mol. The van der Waals surface area contributed by atoms with Crippen LogP contribution >= 0.6 is 9.24 Å². The summed E-state index contributed by atoms with van der Waals surface area (Å²) in [5.74, 6) is -2.67. The van der Waals surface area contributed by atoms with E-state index < -0.39 is 29.5 Å². The summed E-state index contributed by atoms with van der Waals surface area (Å²) in [7, 11) is 2.41. The smallest absolute Gasteiger partial charge is 0.457 e. The topological polar surface area (TPSA) is 139 Å². The molecule has 0 aliphatic carbocycles. The van der Waals surface area contributed by atoms with Crippen molar-refractivity contribution in [2.45, 2.75) is 39.9 Å². The molecule has 0 N–H and O–H groups in total. The van der Waals surface area contributed by atoms with Gasteiger partial charge in [-0.1, -0.05) is 0 Å². The molecule has 0 aromatic carbocycles. The molecule has 0 spiro atoms. The normalized spacial score (nSPS) is 12.0. The summed E-state index contributed by atoms with van der Waals surface area (Å²) in [6.07, 6.45) is 0.537. The quantitative estimate of drug-likeness (QED) is 0.447. The molecule has 2 aromatic rings. The Balaban J connectivity index is 1.77. The highest BCUT2D eigenvalue weighted by Gasteiger charge is 2.22. The van der Waals surface area contributed by atoms with Gasteiger partial charge in [-0.3, -0.25) is 9.59 Å². The highest BCUT2D eigenvalue weighted by Crippen LogP contribution is 2.16. The second-order valence-corrected chi connectivity index (χ2v) is 6.08. The van der Waals surface area contributed by atoms with Crippen LogP contribution in [-0.4, -0.2) is 18.1 Å². The molecule has 0 fully saturated rings. The Morgan fingerprint density at radius 1 is 0.926 bits per heavy atom. The number of hydrogen-bond acceptors (Lipinski definition) is 10. The highest BCUT2D eigenvalue weighted by atomic mass is 31.0. The van der Waals surface area contributed by atoms with Gasteiger partial charge in [-0.2, -0.15) is 0 Å². The molecule has 11 heteroatoms. The van der Waals surface area contributed by atoms with Gasteiger partial charge in [0.2, 0.25) is 0 Å². The molecule has 0 bridgehead atoms. The number of carbonyl (C=O) groups excluding carboxylic acids is 2. The third kappa shape index (κ3) is 5.96. The number of rotatable bonds is 9. The van der Waals surface area contributed by atoms with E-state index in [4.69, 9.17) is 18.3 Å². The SMILES string of the molecule is Cc1oc(=O)oc1COC(=O)CCC(CP)C(=O)OCc1oc(=O)oc1C. The first-order chi connectivity index (χ1) is 12.8. The number of ether oxygens (including phenoxy) is 2. The second kappa shape index (κ2) is 9.36. The zero-order valence-corrected chi connectivity index (χ0v) is 15.9. The number of aryl methyl sites for hydroxylation is 2. The van der Waals surface area contributed by atoms with Crippen molar-refractivity contribution < 1.29 is 36.7 Å². The molecule has 2 unspecified atom stereocenters. The summed E-state index contributed by atoms with van der Waals surface area (Å²) in [5.41, 5.74) is 0. The van der Waals surface area contributed by atoms with Crippen LogP contribution in [0, 0.1) is 19.8 Å². The maximum atomic E-state index is 12.1. The van der Waals surface area contributed by atoms with Gasteiger partial charge in [0, 0.05) is 6.42 Å². The molecule has 0 saturated carbocycles. The minimum absolute atomic E-state index is 0.0326. The lowest BCUT2D eigenvalue weighted by molar-refractivity contribution is -0.151. The molecule has 0 aliphatic rings. The van der Waals surface area contributed by atoms with Crippen molar-refractivity contribution in [1.29, 1.82) is 0 Å². The predicted octanol–water partition coefficient (Wildman–Crippen LogP) is 1.45. The Kier molecular flexibility index (Phi) is 7.18. The van der Waals surface area contributed by atoms with Crippen molar-refractivity contribution in [3.05, 3.63) is 44.3 Å². The Hall–Kier alpha value is -2.61. The van der Waals surface area contributed by atoms with E-state index in [9.17, 15) is 19.2 Å². The lowest BCUT2D eigenvalue weighted by Crippen LogP contribution is -2.20. The van der Waals surface area contributed by atoms with Gasteiger partial charge < -0.3 is 27.1 Å². The molecule has 0 saturated heterocycles. The zero-order valence-electron chi connectivity index (χ0n) is 14.8. The summed E-state index contributed by atoms with van der Waals surface area (Å²) in [6.45, 7) is 2.56. The first-order valence-electron chi connectivity index (χ1n) is 8.01. The number of esters is 2. The van der Waals surface area contributed by atoms with Crippen LogP contribution in [0.4, 0.5) is 0 Å². The van der Waals surface area contributed by atoms with Gasteiger partial charge in [0.15, 0.2) is 36.3 Å². The molecule has 2 atom stereocenters. The molecule has 0 amide bonds. The van der Waals surface area contributed by atoms with E-state index in [2.05, 4.69) is 18.1 Å². The van der Waals surface area contributed by atoms with Crippen LogP contribution < -0.4 is 11.6 Å². The van der Waals surface area contributed by atoms with Gasteiger partial charge in [-0.25, -0.2) is 9.59 Å². The Labute approximate surface area is 155 Å². The largest absolute Gasteiger partial charge is 0.519 e. The van der Waals surface area contributed by atoms with Crippen molar-refractivity contribution in [2.24, 2.45) is 5.92 Å². The molecular formula is C16H19O10P. The summed E-state index contributed by atoms with van der Waals surface area (Å²) < 4.78 is 28.9. The summed E-state index contributed by atoms with van der Waals surface area (Å²) in [5, 5.41) is 0. The minimum atomic E-state index is -0.868. The Bertz CT molecular complexity index is 899. The third-order valence-corrected chi connectivity index (χ3v) is 4.26. The molecule has 2 rings (SSSR count). The van der Waals surface area contributed by atoms with Crippen molar-refractivity contribution in [3.63, 3.8) is 0 Å². The first-order valence-corrected chi connectivity index (χ1v) is 8.83. The van der Waals surface area contributed by atoms with E-state index in [0.29, 0.717) is 6.16 Å². The Morgan fingerprint density at radius 3 is 1.89 bits per heavy atom. The maximum absolute atomic E-state index is 12.1. The lowest BCUT2D eigenvalue weighted by atomic mass is 10.1. The van der Waals surface area contributed by atoms with E-state index in [0.717, 1.165) is 0 Å². The average Bonchev–Trinajstić information content (AvgIpc) is 3.11. The van der Waals surface area contributed by atoms with Gasteiger partial charge in [0.05, 0.1) is 5.92 Å². The van der Waals surface area contributed by atoms with E-state index in [-0.39, 0.29) is 49.1 Å². The van der Waals surface area contributed by atoms with Crippen LogP contribution in [0.1, 0.15) is 35.9 Å². The second-order valence-electron chi connectivity index (χ2n) is 5.61. The maximum Gasteiger partial charge on any atom is 0.519 e. The van der Waals surface area contributed by atoms with E-state index >= 15 is 0 Å². The predicted molar refractivity (Wildman–Crippen MR) is 90.9 cm³/mol. The molecule has 10 nitrogen and oxygen atoms in total. The van der Waals surface area contributed by atoms with Crippen molar-refractivity contribution in [1.82, 2.24) is 0 Å². The van der Waals surface area contributed by atoms with Crippen LogP contribution in [-0.2, 0) is 32.3 Å². The number of carbonyl (C=O) groups is 2. The molecule has 0 aliphatic heterocycles. The van der Waals surface area contributed by atoms with E-state index in [1.54, 1.807) is 0 Å². The summed E-state index contributed by atoms with van der Waals surface area (Å²) in [4.78, 5) is 45.8. The molecule has 0 radical (unpaired) electrons. The fourth-order valence-corrected chi connectivity index (χ4v) is 2.54. The Morgan fingerprint density at radius 2 is 1.44 bits per heavy atom. The molecule has 2 heterocycles. The molecular weight excluding hydrogens is 383 g/mol. The lowest BCUT2D eigenvalue weighted by Gasteiger charge is -2.13. The van der Waals surface area contributed by atoms with Crippen LogP contribution in [0.2, 0.25) is 0 Å². The summed E-state index contributed by atoms with van der Waals surface area (Å²) >= 11 is 0. The molecule has 27 heavy (non-hydrogen) atoms. The third-order valence-electron chi connectivity index (χ3n) is 3.70. The zero-order chi connectivity index (χ0) is 20.0. The summed E-state index contributed by atoms with van der Waals surface area (Å²) in [6, 6.07) is 0. The monoisotopic (exact) mass is 402 g/mol. The van der Waals surface area contributed by atoms with Gasteiger partial charge in [0.25, 0.3) is 0 Å². The van der Waals surface area contributed by atoms with E-state index in [1.165, 1.54) is 13.8 Å². The van der Waals surface area contributed by atoms with E-state index in [1.807, 2.05) is 0 Å².